The first-order valence-electron chi connectivity index (χ1n) is 8.30. The Morgan fingerprint density at radius 2 is 1.88 bits per heavy atom. The zero-order valence-electron chi connectivity index (χ0n) is 14.5. The van der Waals surface area contributed by atoms with Crippen molar-refractivity contribution >= 4 is 11.9 Å². The van der Waals surface area contributed by atoms with Crippen molar-refractivity contribution in [3.63, 3.8) is 0 Å². The van der Waals surface area contributed by atoms with Gasteiger partial charge in [-0.2, -0.15) is 5.26 Å². The molecule has 0 saturated heterocycles. The van der Waals surface area contributed by atoms with Crippen LogP contribution in [-0.4, -0.2) is 19.0 Å². The van der Waals surface area contributed by atoms with Crippen LogP contribution in [0.3, 0.4) is 0 Å². The van der Waals surface area contributed by atoms with Crippen molar-refractivity contribution in [2.45, 2.75) is 20.3 Å². The van der Waals surface area contributed by atoms with Gasteiger partial charge in [-0.1, -0.05) is 19.1 Å². The maximum absolute atomic E-state index is 12.3. The van der Waals surface area contributed by atoms with Crippen LogP contribution in [0.4, 0.5) is 0 Å². The van der Waals surface area contributed by atoms with E-state index in [0.29, 0.717) is 35.8 Å². The average molecular weight is 335 g/mol. The Balaban J connectivity index is 2.24. The summed E-state index contributed by atoms with van der Waals surface area (Å²) in [6.45, 7) is 5.07. The molecule has 4 nitrogen and oxygen atoms in total. The van der Waals surface area contributed by atoms with Crippen LogP contribution < -0.4 is 9.47 Å². The van der Waals surface area contributed by atoms with Gasteiger partial charge in [0.25, 0.3) is 0 Å². The molecule has 0 unspecified atom stereocenters. The minimum Gasteiger partial charge on any atom is -0.490 e. The standard InChI is InChI=1S/C21H21NO3/c1-3-14-25-21-18(6-5-7-20(21)24-4-2)12-13-19(23)17-10-8-16(15-22)9-11-17/h5-13H,3-4,14H2,1-2H3. The summed E-state index contributed by atoms with van der Waals surface area (Å²) in [5.41, 5.74) is 1.86. The highest BCUT2D eigenvalue weighted by Gasteiger charge is 2.10. The van der Waals surface area contributed by atoms with Gasteiger partial charge in [0, 0.05) is 11.1 Å². The van der Waals surface area contributed by atoms with Crippen LogP contribution in [0.15, 0.2) is 48.5 Å². The SMILES string of the molecule is CCCOc1c(C=CC(=O)c2ccc(C#N)cc2)cccc1OCC. The Bertz CT molecular complexity index is 786. The molecule has 0 atom stereocenters. The normalized spacial score (nSPS) is 10.4. The molecule has 4 heteroatoms. The van der Waals surface area contributed by atoms with Crippen LogP contribution in [0.5, 0.6) is 11.5 Å². The quantitative estimate of drug-likeness (QED) is 0.521. The van der Waals surface area contributed by atoms with Gasteiger partial charge < -0.3 is 9.47 Å². The smallest absolute Gasteiger partial charge is 0.185 e. The Kier molecular flexibility index (Phi) is 6.79. The van der Waals surface area contributed by atoms with E-state index in [1.165, 1.54) is 6.08 Å². The minimum absolute atomic E-state index is 0.132. The van der Waals surface area contributed by atoms with Gasteiger partial charge >= 0.3 is 0 Å². The first-order valence-corrected chi connectivity index (χ1v) is 8.30. The topological polar surface area (TPSA) is 59.3 Å². The lowest BCUT2D eigenvalue weighted by Crippen LogP contribution is -2.01. The molecule has 0 radical (unpaired) electrons. The predicted molar refractivity (Wildman–Crippen MR) is 97.9 cm³/mol. The maximum atomic E-state index is 12.3. The van der Waals surface area contributed by atoms with Crippen LogP contribution in [0.2, 0.25) is 0 Å². The van der Waals surface area contributed by atoms with Crippen molar-refractivity contribution in [3.05, 3.63) is 65.2 Å². The third kappa shape index (κ3) is 4.95. The molecule has 0 N–H and O–H groups in total. The number of rotatable bonds is 8. The van der Waals surface area contributed by atoms with E-state index in [2.05, 4.69) is 0 Å². The summed E-state index contributed by atoms with van der Waals surface area (Å²) in [7, 11) is 0. The zero-order valence-corrected chi connectivity index (χ0v) is 14.5. The maximum Gasteiger partial charge on any atom is 0.185 e. The molecule has 0 fully saturated rings. The summed E-state index contributed by atoms with van der Waals surface area (Å²) in [4.78, 5) is 12.3. The molecular formula is C21H21NO3. The molecule has 0 saturated carbocycles. The van der Waals surface area contributed by atoms with Gasteiger partial charge in [-0.05, 0) is 55.8 Å². The summed E-state index contributed by atoms with van der Waals surface area (Å²) in [6.07, 6.45) is 4.12. The summed E-state index contributed by atoms with van der Waals surface area (Å²) in [5, 5.41) is 8.82. The third-order valence-corrected chi connectivity index (χ3v) is 3.47. The number of nitrogens with zero attached hydrogens (tertiary/aromatic N) is 1. The van der Waals surface area contributed by atoms with Crippen LogP contribution >= 0.6 is 0 Å². The van der Waals surface area contributed by atoms with Gasteiger partial charge in [0.05, 0.1) is 24.8 Å². The van der Waals surface area contributed by atoms with Crippen LogP contribution in [0.25, 0.3) is 6.08 Å². The third-order valence-electron chi connectivity index (χ3n) is 3.47. The van der Waals surface area contributed by atoms with Gasteiger partial charge in [-0.25, -0.2) is 0 Å². The second-order valence-corrected chi connectivity index (χ2v) is 5.34. The highest BCUT2D eigenvalue weighted by molar-refractivity contribution is 6.07. The second-order valence-electron chi connectivity index (χ2n) is 5.34. The molecular weight excluding hydrogens is 314 g/mol. The molecule has 0 amide bonds. The first kappa shape index (κ1) is 18.3. The van der Waals surface area contributed by atoms with Crippen LogP contribution in [0.1, 0.15) is 41.8 Å². The van der Waals surface area contributed by atoms with E-state index in [1.807, 2.05) is 38.1 Å². The summed E-state index contributed by atoms with van der Waals surface area (Å²) in [5.74, 6) is 1.19. The van der Waals surface area contributed by atoms with Gasteiger partial charge in [-0.15, -0.1) is 0 Å². The molecule has 25 heavy (non-hydrogen) atoms. The molecule has 0 aromatic heterocycles. The molecule has 0 spiro atoms. The number of ketones is 1. The zero-order chi connectivity index (χ0) is 18.1. The number of nitriles is 1. The highest BCUT2D eigenvalue weighted by atomic mass is 16.5. The van der Waals surface area contributed by atoms with E-state index < -0.39 is 0 Å². The lowest BCUT2D eigenvalue weighted by molar-refractivity contribution is 0.104. The fraction of sp³-hybridized carbons (Fsp3) is 0.238. The molecule has 128 valence electrons. The molecule has 0 aliphatic rings. The number of carbonyl (C=O) groups is 1. The van der Waals surface area contributed by atoms with Crippen molar-refractivity contribution in [3.8, 4) is 17.6 Å². The predicted octanol–water partition coefficient (Wildman–Crippen LogP) is 4.64. The monoisotopic (exact) mass is 335 g/mol. The lowest BCUT2D eigenvalue weighted by Gasteiger charge is -2.13. The van der Waals surface area contributed by atoms with Crippen LogP contribution in [0, 0.1) is 11.3 Å². The van der Waals surface area contributed by atoms with Gasteiger partial charge in [-0.3, -0.25) is 4.79 Å². The van der Waals surface area contributed by atoms with Crippen molar-refractivity contribution in [1.29, 1.82) is 5.26 Å². The number of hydrogen-bond acceptors (Lipinski definition) is 4. The molecule has 2 rings (SSSR count). The number of ether oxygens (including phenoxy) is 2. The summed E-state index contributed by atoms with van der Waals surface area (Å²) < 4.78 is 11.4. The molecule has 2 aromatic rings. The Labute approximate surface area is 148 Å². The fourth-order valence-electron chi connectivity index (χ4n) is 2.26. The number of para-hydroxylation sites is 1. The molecule has 0 aliphatic carbocycles. The van der Waals surface area contributed by atoms with Crippen molar-refractivity contribution in [2.24, 2.45) is 0 Å². The summed E-state index contributed by atoms with van der Waals surface area (Å²) in [6, 6.07) is 14.2. The van der Waals surface area contributed by atoms with E-state index in [-0.39, 0.29) is 5.78 Å². The van der Waals surface area contributed by atoms with Gasteiger partial charge in [0.2, 0.25) is 0 Å². The molecule has 0 bridgehead atoms. The van der Waals surface area contributed by atoms with E-state index >= 15 is 0 Å². The number of carbonyl (C=O) groups excluding carboxylic acids is 1. The summed E-state index contributed by atoms with van der Waals surface area (Å²) >= 11 is 0. The lowest BCUT2D eigenvalue weighted by atomic mass is 10.1. The van der Waals surface area contributed by atoms with Crippen molar-refractivity contribution in [1.82, 2.24) is 0 Å². The first-order chi connectivity index (χ1) is 12.2. The Morgan fingerprint density at radius 1 is 1.12 bits per heavy atom. The largest absolute Gasteiger partial charge is 0.490 e. The van der Waals surface area contributed by atoms with Gasteiger partial charge in [0.15, 0.2) is 17.3 Å². The fourth-order valence-corrected chi connectivity index (χ4v) is 2.26. The average Bonchev–Trinajstić information content (AvgIpc) is 2.65. The second kappa shape index (κ2) is 9.29. The number of benzene rings is 2. The van der Waals surface area contributed by atoms with Gasteiger partial charge in [0.1, 0.15) is 0 Å². The highest BCUT2D eigenvalue weighted by Crippen LogP contribution is 2.32. The van der Waals surface area contributed by atoms with Crippen molar-refractivity contribution in [2.75, 3.05) is 13.2 Å². The molecule has 2 aromatic carbocycles. The van der Waals surface area contributed by atoms with Crippen LogP contribution in [-0.2, 0) is 0 Å². The minimum atomic E-state index is -0.132. The van der Waals surface area contributed by atoms with E-state index in [9.17, 15) is 4.79 Å². The Hall–Kier alpha value is -3.06. The van der Waals surface area contributed by atoms with E-state index in [1.54, 1.807) is 30.3 Å². The van der Waals surface area contributed by atoms with Crippen molar-refractivity contribution < 1.29 is 14.3 Å². The van der Waals surface area contributed by atoms with E-state index in [4.69, 9.17) is 14.7 Å². The number of hydrogen-bond donors (Lipinski definition) is 0. The number of allylic oxidation sites excluding steroid dienone is 1. The van der Waals surface area contributed by atoms with E-state index in [0.717, 1.165) is 12.0 Å². The molecule has 0 heterocycles. The Morgan fingerprint density at radius 3 is 2.52 bits per heavy atom. The molecule has 0 aliphatic heterocycles.